The normalized spacial score (nSPS) is 21.9. The van der Waals surface area contributed by atoms with Gasteiger partial charge in [-0.1, -0.05) is 0 Å². The molecule has 0 aromatic carbocycles. The third-order valence-electron chi connectivity index (χ3n) is 3.01. The molecule has 0 radical (unpaired) electrons. The van der Waals surface area contributed by atoms with Gasteiger partial charge in [0.1, 0.15) is 0 Å². The Bertz CT molecular complexity index is 174. The molecule has 17 heavy (non-hydrogen) atoms. The van der Waals surface area contributed by atoms with Crippen molar-refractivity contribution in [1.29, 1.82) is 0 Å². The molecule has 0 saturated carbocycles. The molecule has 5 nitrogen and oxygen atoms in total. The van der Waals surface area contributed by atoms with E-state index in [2.05, 4.69) is 5.32 Å². The molecule has 2 unspecified atom stereocenters. The van der Waals surface area contributed by atoms with Crippen LogP contribution in [0.2, 0.25) is 0 Å². The smallest absolute Gasteiger partial charge is 0.0701 e. The number of methoxy groups -OCH3 is 1. The third-order valence-corrected chi connectivity index (χ3v) is 3.01. The molecule has 5 heteroatoms. The van der Waals surface area contributed by atoms with Crippen LogP contribution in [0.25, 0.3) is 0 Å². The Kier molecular flexibility index (Phi) is 8.56. The molecule has 1 N–H and O–H groups in total. The van der Waals surface area contributed by atoms with Crippen molar-refractivity contribution >= 4 is 0 Å². The molecule has 0 aromatic rings. The van der Waals surface area contributed by atoms with Crippen molar-refractivity contribution in [3.05, 3.63) is 0 Å². The third kappa shape index (κ3) is 6.33. The number of ether oxygens (including phenoxy) is 4. The molecule has 1 heterocycles. The molecule has 1 saturated heterocycles. The van der Waals surface area contributed by atoms with Crippen LogP contribution in [-0.4, -0.2) is 66.4 Å². The fraction of sp³-hybridized carbons (Fsp3) is 1.00. The van der Waals surface area contributed by atoms with Crippen molar-refractivity contribution in [2.45, 2.75) is 12.5 Å². The molecular formula is C12H25NO4. The predicted octanol–water partition coefficient (Wildman–Crippen LogP) is 0.291. The Morgan fingerprint density at radius 3 is 2.65 bits per heavy atom. The van der Waals surface area contributed by atoms with Gasteiger partial charge in [-0.3, -0.25) is 0 Å². The topological polar surface area (TPSA) is 49.0 Å². The monoisotopic (exact) mass is 247 g/mol. The zero-order chi connectivity index (χ0) is 12.3. The van der Waals surface area contributed by atoms with Crippen LogP contribution in [-0.2, 0) is 18.9 Å². The highest BCUT2D eigenvalue weighted by Crippen LogP contribution is 2.16. The van der Waals surface area contributed by atoms with E-state index in [0.717, 1.165) is 26.2 Å². The van der Waals surface area contributed by atoms with Crippen LogP contribution < -0.4 is 5.32 Å². The first-order valence-corrected chi connectivity index (χ1v) is 6.28. The molecule has 0 aromatic heterocycles. The van der Waals surface area contributed by atoms with E-state index in [9.17, 15) is 0 Å². The Labute approximate surface area is 104 Å². The minimum absolute atomic E-state index is 0.386. The summed E-state index contributed by atoms with van der Waals surface area (Å²) in [5.41, 5.74) is 0. The summed E-state index contributed by atoms with van der Waals surface area (Å²) in [5, 5.41) is 3.29. The average molecular weight is 247 g/mol. The molecular weight excluding hydrogens is 222 g/mol. The van der Waals surface area contributed by atoms with Gasteiger partial charge < -0.3 is 24.3 Å². The highest BCUT2D eigenvalue weighted by atomic mass is 16.5. The van der Waals surface area contributed by atoms with Gasteiger partial charge in [0, 0.05) is 25.7 Å². The van der Waals surface area contributed by atoms with E-state index >= 15 is 0 Å². The maximum Gasteiger partial charge on any atom is 0.0701 e. The van der Waals surface area contributed by atoms with Crippen molar-refractivity contribution in [1.82, 2.24) is 5.32 Å². The van der Waals surface area contributed by atoms with Crippen LogP contribution in [0.5, 0.6) is 0 Å². The van der Waals surface area contributed by atoms with Crippen molar-refractivity contribution in [3.63, 3.8) is 0 Å². The zero-order valence-corrected chi connectivity index (χ0v) is 10.9. The average Bonchev–Trinajstić information content (AvgIpc) is 2.86. The molecule has 2 atom stereocenters. The summed E-state index contributed by atoms with van der Waals surface area (Å²) in [5.74, 6) is 0.578. The van der Waals surface area contributed by atoms with Crippen molar-refractivity contribution in [2.75, 3.05) is 60.4 Å². The molecule has 1 fully saturated rings. The summed E-state index contributed by atoms with van der Waals surface area (Å²) in [6.07, 6.45) is 1.12. The molecule has 1 rings (SSSR count). The summed E-state index contributed by atoms with van der Waals surface area (Å²) in [6, 6.07) is 0.386. The first-order valence-electron chi connectivity index (χ1n) is 6.28. The fourth-order valence-electron chi connectivity index (χ4n) is 1.90. The van der Waals surface area contributed by atoms with Crippen molar-refractivity contribution < 1.29 is 18.9 Å². The van der Waals surface area contributed by atoms with E-state index in [1.54, 1.807) is 7.11 Å². The quantitative estimate of drug-likeness (QED) is 0.562. The second-order valence-corrected chi connectivity index (χ2v) is 4.20. The van der Waals surface area contributed by atoms with Crippen LogP contribution in [0.3, 0.4) is 0 Å². The maximum atomic E-state index is 5.60. The molecule has 0 spiro atoms. The first-order chi connectivity index (χ1) is 8.38. The minimum Gasteiger partial charge on any atom is -0.382 e. The van der Waals surface area contributed by atoms with E-state index in [1.165, 1.54) is 0 Å². The lowest BCUT2D eigenvalue weighted by Gasteiger charge is -2.21. The minimum atomic E-state index is 0.386. The maximum absolute atomic E-state index is 5.60. The molecule has 0 amide bonds. The van der Waals surface area contributed by atoms with Gasteiger partial charge in [0.05, 0.1) is 39.6 Å². The highest BCUT2D eigenvalue weighted by Gasteiger charge is 2.24. The number of rotatable bonds is 10. The Balaban J connectivity index is 1.96. The summed E-state index contributed by atoms with van der Waals surface area (Å²) in [7, 11) is 3.64. The molecule has 0 bridgehead atoms. The lowest BCUT2D eigenvalue weighted by Crippen LogP contribution is -2.38. The van der Waals surface area contributed by atoms with E-state index in [4.69, 9.17) is 18.9 Å². The lowest BCUT2D eigenvalue weighted by molar-refractivity contribution is 0.0150. The van der Waals surface area contributed by atoms with Gasteiger partial charge in [0.2, 0.25) is 0 Å². The summed E-state index contributed by atoms with van der Waals surface area (Å²) in [4.78, 5) is 0. The van der Waals surface area contributed by atoms with Crippen LogP contribution >= 0.6 is 0 Å². The second kappa shape index (κ2) is 9.79. The fourth-order valence-corrected chi connectivity index (χ4v) is 1.90. The van der Waals surface area contributed by atoms with E-state index < -0.39 is 0 Å². The van der Waals surface area contributed by atoms with Crippen LogP contribution in [0, 0.1) is 5.92 Å². The Hall–Kier alpha value is -0.200. The number of nitrogens with one attached hydrogen (secondary N) is 1. The van der Waals surface area contributed by atoms with Gasteiger partial charge in [0.15, 0.2) is 0 Å². The lowest BCUT2D eigenvalue weighted by atomic mass is 10.0. The summed E-state index contributed by atoms with van der Waals surface area (Å²) in [6.45, 7) is 4.97. The first kappa shape index (κ1) is 14.9. The van der Waals surface area contributed by atoms with Crippen molar-refractivity contribution in [3.8, 4) is 0 Å². The Morgan fingerprint density at radius 2 is 2.00 bits per heavy atom. The van der Waals surface area contributed by atoms with Gasteiger partial charge in [-0.2, -0.15) is 0 Å². The van der Waals surface area contributed by atoms with Gasteiger partial charge >= 0.3 is 0 Å². The van der Waals surface area contributed by atoms with E-state index in [-0.39, 0.29) is 0 Å². The van der Waals surface area contributed by atoms with Gasteiger partial charge in [0.25, 0.3) is 0 Å². The van der Waals surface area contributed by atoms with Gasteiger partial charge in [-0.25, -0.2) is 0 Å². The highest BCUT2D eigenvalue weighted by molar-refractivity contribution is 4.77. The standard InChI is InChI=1S/C12H25NO4/c1-13-12(11-3-4-16-9-11)10-17-8-7-15-6-5-14-2/h11-13H,3-10H2,1-2H3. The van der Waals surface area contributed by atoms with E-state index in [0.29, 0.717) is 38.4 Å². The Morgan fingerprint density at radius 1 is 1.24 bits per heavy atom. The molecule has 1 aliphatic heterocycles. The summed E-state index contributed by atoms with van der Waals surface area (Å²) < 4.78 is 21.2. The second-order valence-electron chi connectivity index (χ2n) is 4.20. The van der Waals surface area contributed by atoms with Gasteiger partial charge in [-0.15, -0.1) is 0 Å². The predicted molar refractivity (Wildman–Crippen MR) is 65.3 cm³/mol. The molecule has 0 aliphatic carbocycles. The number of hydrogen-bond donors (Lipinski definition) is 1. The van der Waals surface area contributed by atoms with Crippen LogP contribution in [0.4, 0.5) is 0 Å². The number of likely N-dealkylation sites (N-methyl/N-ethyl adjacent to an activating group) is 1. The SMILES string of the molecule is CNC(COCCOCCOC)C1CCOC1. The zero-order valence-electron chi connectivity index (χ0n) is 10.9. The van der Waals surface area contributed by atoms with Gasteiger partial charge in [-0.05, 0) is 13.5 Å². The largest absolute Gasteiger partial charge is 0.382 e. The van der Waals surface area contributed by atoms with Crippen LogP contribution in [0.15, 0.2) is 0 Å². The molecule has 102 valence electrons. The van der Waals surface area contributed by atoms with Crippen LogP contribution in [0.1, 0.15) is 6.42 Å². The molecule has 1 aliphatic rings. The van der Waals surface area contributed by atoms with E-state index in [1.807, 2.05) is 7.05 Å². The van der Waals surface area contributed by atoms with Crippen molar-refractivity contribution in [2.24, 2.45) is 5.92 Å². The summed E-state index contributed by atoms with van der Waals surface area (Å²) >= 11 is 0. The number of hydrogen-bond acceptors (Lipinski definition) is 5.